The molecule has 3 amide bonds. The van der Waals surface area contributed by atoms with Gasteiger partial charge in [-0.05, 0) is 42.4 Å². The normalized spacial score (nSPS) is 27.1. The van der Waals surface area contributed by atoms with Gasteiger partial charge in [-0.15, -0.1) is 0 Å². The second-order valence-electron chi connectivity index (χ2n) is 6.12. The second-order valence-corrected chi connectivity index (χ2v) is 6.12. The molecule has 22 heavy (non-hydrogen) atoms. The van der Waals surface area contributed by atoms with Gasteiger partial charge >= 0.3 is 6.03 Å². The summed E-state index contributed by atoms with van der Waals surface area (Å²) >= 11 is 0. The number of urea groups is 1. The van der Waals surface area contributed by atoms with Gasteiger partial charge in [0, 0.05) is 6.54 Å². The molecule has 3 atom stereocenters. The predicted molar refractivity (Wildman–Crippen MR) is 82.2 cm³/mol. The lowest BCUT2D eigenvalue weighted by molar-refractivity contribution is -0.122. The van der Waals surface area contributed by atoms with E-state index in [-0.39, 0.29) is 12.5 Å². The maximum absolute atomic E-state index is 12.0. The summed E-state index contributed by atoms with van der Waals surface area (Å²) in [5.41, 5.74) is 3.47. The van der Waals surface area contributed by atoms with Crippen LogP contribution in [0.5, 0.6) is 0 Å². The fourth-order valence-corrected chi connectivity index (χ4v) is 3.06. The third kappa shape index (κ3) is 2.61. The topological polar surface area (TPSA) is 84.0 Å². The first-order valence-corrected chi connectivity index (χ1v) is 7.63. The van der Waals surface area contributed by atoms with Crippen molar-refractivity contribution < 1.29 is 9.59 Å². The Morgan fingerprint density at radius 2 is 2.18 bits per heavy atom. The van der Waals surface area contributed by atoms with Crippen LogP contribution in [0.4, 0.5) is 4.79 Å². The lowest BCUT2D eigenvalue weighted by atomic mass is 9.97. The summed E-state index contributed by atoms with van der Waals surface area (Å²) in [4.78, 5) is 23.2. The van der Waals surface area contributed by atoms with E-state index in [0.29, 0.717) is 17.5 Å². The van der Waals surface area contributed by atoms with Crippen molar-refractivity contribution in [2.75, 3.05) is 6.54 Å². The van der Waals surface area contributed by atoms with Crippen LogP contribution in [-0.2, 0) is 4.79 Å². The molecule has 2 aliphatic rings. The molecule has 2 fully saturated rings. The molecule has 1 aromatic heterocycles. The van der Waals surface area contributed by atoms with Gasteiger partial charge in [-0.3, -0.25) is 10.1 Å². The van der Waals surface area contributed by atoms with Gasteiger partial charge in [0.25, 0.3) is 0 Å². The number of aromatic nitrogens is 2. The van der Waals surface area contributed by atoms with Crippen LogP contribution in [0.2, 0.25) is 0 Å². The zero-order valence-corrected chi connectivity index (χ0v) is 12.8. The first kappa shape index (κ1) is 14.7. The molecular weight excluding hydrogens is 280 g/mol. The summed E-state index contributed by atoms with van der Waals surface area (Å²) in [5, 5.41) is 13.4. The average molecular weight is 300 g/mol. The van der Waals surface area contributed by atoms with Crippen molar-refractivity contribution in [1.29, 1.82) is 0 Å². The quantitative estimate of drug-likeness (QED) is 0.890. The highest BCUT2D eigenvalue weighted by molar-refractivity contribution is 6.00. The molecule has 0 aromatic carbocycles. The van der Waals surface area contributed by atoms with Crippen molar-refractivity contribution in [2.45, 2.75) is 38.5 Å². The predicted octanol–water partition coefficient (Wildman–Crippen LogP) is 1.95. The summed E-state index contributed by atoms with van der Waals surface area (Å²) in [6.45, 7) is 8.34. The van der Waals surface area contributed by atoms with Crippen LogP contribution in [0.1, 0.15) is 55.5 Å². The van der Waals surface area contributed by atoms with Crippen LogP contribution >= 0.6 is 0 Å². The summed E-state index contributed by atoms with van der Waals surface area (Å²) in [5.74, 6) is 0.346. The van der Waals surface area contributed by atoms with E-state index in [0.717, 1.165) is 29.7 Å². The Balaban J connectivity index is 1.93. The van der Waals surface area contributed by atoms with Crippen molar-refractivity contribution in [2.24, 2.45) is 5.92 Å². The first-order valence-electron chi connectivity index (χ1n) is 7.63. The third-order valence-electron chi connectivity index (χ3n) is 4.47. The summed E-state index contributed by atoms with van der Waals surface area (Å²) in [7, 11) is 0. The summed E-state index contributed by atoms with van der Waals surface area (Å²) in [6.07, 6.45) is 2.29. The molecule has 0 radical (unpaired) electrons. The van der Waals surface area contributed by atoms with Crippen LogP contribution in [0.25, 0.3) is 5.57 Å². The van der Waals surface area contributed by atoms with E-state index in [1.807, 2.05) is 13.0 Å². The number of nitrogens with one attached hydrogen (secondary N) is 2. The van der Waals surface area contributed by atoms with Crippen LogP contribution in [0.3, 0.4) is 0 Å². The third-order valence-corrected chi connectivity index (χ3v) is 4.47. The Labute approximate surface area is 129 Å². The molecule has 1 saturated carbocycles. The Bertz CT molecular complexity index is 656. The zero-order valence-electron chi connectivity index (χ0n) is 12.8. The van der Waals surface area contributed by atoms with Crippen LogP contribution < -0.4 is 10.6 Å². The van der Waals surface area contributed by atoms with Gasteiger partial charge in [-0.25, -0.2) is 4.79 Å². The van der Waals surface area contributed by atoms with Gasteiger partial charge in [0.2, 0.25) is 5.91 Å². The number of allylic oxidation sites excluding steroid dienone is 1. The van der Waals surface area contributed by atoms with Crippen molar-refractivity contribution in [3.63, 3.8) is 0 Å². The van der Waals surface area contributed by atoms with E-state index in [1.165, 1.54) is 0 Å². The number of hydrogen-bond acceptors (Lipinski definition) is 4. The first-order chi connectivity index (χ1) is 10.5. The van der Waals surface area contributed by atoms with Crippen molar-refractivity contribution in [3.8, 4) is 0 Å². The van der Waals surface area contributed by atoms with Crippen LogP contribution in [0, 0.1) is 5.92 Å². The van der Waals surface area contributed by atoms with Crippen molar-refractivity contribution >= 4 is 17.5 Å². The Morgan fingerprint density at radius 1 is 1.41 bits per heavy atom. The van der Waals surface area contributed by atoms with E-state index in [2.05, 4.69) is 34.3 Å². The van der Waals surface area contributed by atoms with Gasteiger partial charge in [-0.2, -0.15) is 10.2 Å². The molecule has 2 N–H and O–H groups in total. The van der Waals surface area contributed by atoms with E-state index in [4.69, 9.17) is 0 Å². The maximum atomic E-state index is 12.0. The molecule has 116 valence electrons. The molecule has 2 heterocycles. The Kier molecular flexibility index (Phi) is 3.68. The molecule has 0 bridgehead atoms. The van der Waals surface area contributed by atoms with Crippen molar-refractivity contribution in [1.82, 2.24) is 20.8 Å². The Morgan fingerprint density at radius 3 is 2.77 bits per heavy atom. The molecule has 1 aliphatic carbocycles. The number of carbonyl (C=O) groups excluding carboxylic acids is 2. The highest BCUT2D eigenvalue weighted by Gasteiger charge is 2.39. The molecule has 1 aliphatic heterocycles. The largest absolute Gasteiger partial charge is 0.337 e. The van der Waals surface area contributed by atoms with Crippen LogP contribution in [0.15, 0.2) is 12.6 Å². The highest BCUT2D eigenvalue weighted by Crippen LogP contribution is 2.51. The molecule has 6 heteroatoms. The number of rotatable bonds is 4. The van der Waals surface area contributed by atoms with Gasteiger partial charge < -0.3 is 5.32 Å². The molecule has 1 aromatic rings. The highest BCUT2D eigenvalue weighted by atomic mass is 16.2. The fraction of sp³-hybridized carbons (Fsp3) is 0.500. The smallest absolute Gasteiger partial charge is 0.321 e. The van der Waals surface area contributed by atoms with E-state index in [9.17, 15) is 9.59 Å². The van der Waals surface area contributed by atoms with E-state index in [1.54, 1.807) is 0 Å². The van der Waals surface area contributed by atoms with E-state index >= 15 is 0 Å². The van der Waals surface area contributed by atoms with Gasteiger partial charge in [0.15, 0.2) is 0 Å². The number of nitrogens with zero attached hydrogens (tertiary/aromatic N) is 2. The van der Waals surface area contributed by atoms with Gasteiger partial charge in [0.1, 0.15) is 0 Å². The van der Waals surface area contributed by atoms with Gasteiger partial charge in [-0.1, -0.05) is 19.9 Å². The van der Waals surface area contributed by atoms with E-state index < -0.39 is 11.9 Å². The molecule has 6 nitrogen and oxygen atoms in total. The monoisotopic (exact) mass is 300 g/mol. The molecule has 3 rings (SSSR count). The average Bonchev–Trinajstić information content (AvgIpc) is 3.26. The number of amides is 3. The molecule has 1 unspecified atom stereocenters. The number of carbonyl (C=O) groups is 2. The molecule has 0 spiro atoms. The summed E-state index contributed by atoms with van der Waals surface area (Å²) in [6, 6.07) is 1.51. The summed E-state index contributed by atoms with van der Waals surface area (Å²) < 4.78 is 0. The molecular formula is C16H20N4O2. The standard InChI is InChI=1S/C16H20N4O2/c1-4-9-5-10(9)11-6-13(19-20-14(11)8(2)3)12-7-17-16(22)18-15(12)21/h6,9-10,12H,2,4-5,7H2,1,3H3,(H2,17,18,21,22)/t9-,10-,12?/m0/s1. The minimum absolute atomic E-state index is 0.257. The number of imide groups is 1. The van der Waals surface area contributed by atoms with Gasteiger partial charge in [0.05, 0.1) is 17.3 Å². The molecule has 1 saturated heterocycles. The zero-order chi connectivity index (χ0) is 15.9. The number of hydrogen-bond donors (Lipinski definition) is 2. The van der Waals surface area contributed by atoms with Crippen LogP contribution in [-0.4, -0.2) is 28.7 Å². The SMILES string of the molecule is C=C(C)c1nnc(C2CNC(=O)NC2=O)cc1[C@H]1C[C@@H]1CC. The minimum atomic E-state index is -0.484. The lowest BCUT2D eigenvalue weighted by Gasteiger charge is -2.22. The lowest BCUT2D eigenvalue weighted by Crippen LogP contribution is -2.51. The maximum Gasteiger partial charge on any atom is 0.321 e. The Hall–Kier alpha value is -2.24. The minimum Gasteiger partial charge on any atom is -0.337 e. The fourth-order valence-electron chi connectivity index (χ4n) is 3.06. The second kappa shape index (κ2) is 5.51. The van der Waals surface area contributed by atoms with Crippen molar-refractivity contribution in [3.05, 3.63) is 29.6 Å².